The average Bonchev–Trinajstić information content (AvgIpc) is 2.68. The summed E-state index contributed by atoms with van der Waals surface area (Å²) in [5, 5.41) is 12.6. The highest BCUT2D eigenvalue weighted by molar-refractivity contribution is 8.00. The number of benzene rings is 2. The Labute approximate surface area is 162 Å². The second-order valence-electron chi connectivity index (χ2n) is 6.04. The van der Waals surface area contributed by atoms with Gasteiger partial charge in [-0.15, -0.1) is 11.8 Å². The van der Waals surface area contributed by atoms with Crippen LogP contribution in [0.5, 0.6) is 0 Å². The first kappa shape index (κ1) is 20.5. The summed E-state index contributed by atoms with van der Waals surface area (Å²) >= 11 is 1.17. The molecule has 0 spiro atoms. The summed E-state index contributed by atoms with van der Waals surface area (Å²) in [7, 11) is 0. The van der Waals surface area contributed by atoms with Crippen LogP contribution in [0.3, 0.4) is 0 Å². The van der Waals surface area contributed by atoms with E-state index >= 15 is 0 Å². The third-order valence-corrected chi connectivity index (χ3v) is 5.49. The fourth-order valence-electron chi connectivity index (χ4n) is 2.79. The molecular formula is C20H22N2O4S. The van der Waals surface area contributed by atoms with Crippen molar-refractivity contribution in [2.75, 3.05) is 12.3 Å². The molecule has 0 radical (unpaired) electrons. The second-order valence-corrected chi connectivity index (χ2v) is 7.06. The lowest BCUT2D eigenvalue weighted by molar-refractivity contribution is -0.143. The molecular weight excluding hydrogens is 364 g/mol. The number of carboxylic acid groups (broad SMARTS) is 1. The Morgan fingerprint density at radius 3 is 2.30 bits per heavy atom. The molecule has 2 rings (SSSR count). The molecule has 0 aliphatic heterocycles. The van der Waals surface area contributed by atoms with Gasteiger partial charge in [-0.25, -0.2) is 0 Å². The van der Waals surface area contributed by atoms with Crippen LogP contribution < -0.4 is 11.1 Å². The van der Waals surface area contributed by atoms with Gasteiger partial charge in [0.05, 0.1) is 11.3 Å². The van der Waals surface area contributed by atoms with E-state index in [1.54, 1.807) is 55.5 Å². The number of nitrogens with one attached hydrogen (secondary N) is 1. The summed E-state index contributed by atoms with van der Waals surface area (Å²) in [6.07, 6.45) is 0.324. The molecule has 0 bridgehead atoms. The van der Waals surface area contributed by atoms with E-state index in [0.717, 1.165) is 0 Å². The summed E-state index contributed by atoms with van der Waals surface area (Å²) < 4.78 is 0. The Kier molecular flexibility index (Phi) is 7.01. The summed E-state index contributed by atoms with van der Waals surface area (Å²) in [6.45, 7) is 1.74. The maximum atomic E-state index is 12.7. The molecule has 1 unspecified atom stereocenters. The first-order valence-electron chi connectivity index (χ1n) is 8.48. The number of hydrogen-bond donors (Lipinski definition) is 3. The third kappa shape index (κ3) is 4.89. The number of carbonyl (C=O) groups excluding carboxylic acids is 2. The number of hydrogen-bond acceptors (Lipinski definition) is 4. The molecule has 2 aromatic rings. The van der Waals surface area contributed by atoms with Gasteiger partial charge in [0.1, 0.15) is 5.41 Å². The maximum absolute atomic E-state index is 12.7. The number of aliphatic carboxylic acids is 1. The molecule has 0 heterocycles. The van der Waals surface area contributed by atoms with E-state index < -0.39 is 23.2 Å². The highest BCUT2D eigenvalue weighted by Gasteiger charge is 2.39. The number of rotatable bonds is 9. The number of amides is 2. The summed E-state index contributed by atoms with van der Waals surface area (Å²) in [5.41, 5.74) is 4.97. The lowest BCUT2D eigenvalue weighted by Crippen LogP contribution is -2.46. The van der Waals surface area contributed by atoms with Crippen molar-refractivity contribution < 1.29 is 19.5 Å². The van der Waals surface area contributed by atoms with Crippen molar-refractivity contribution >= 4 is 29.5 Å². The normalized spacial score (nSPS) is 12.8. The number of carbonyl (C=O) groups is 3. The first-order valence-corrected chi connectivity index (χ1v) is 9.46. The molecule has 27 heavy (non-hydrogen) atoms. The van der Waals surface area contributed by atoms with Crippen molar-refractivity contribution in [3.8, 4) is 0 Å². The predicted octanol–water partition coefficient (Wildman–Crippen LogP) is 2.43. The monoisotopic (exact) mass is 386 g/mol. The molecule has 0 saturated heterocycles. The Morgan fingerprint density at radius 2 is 1.70 bits per heavy atom. The van der Waals surface area contributed by atoms with Crippen LogP contribution in [-0.2, 0) is 15.0 Å². The van der Waals surface area contributed by atoms with E-state index in [2.05, 4.69) is 5.32 Å². The van der Waals surface area contributed by atoms with E-state index in [0.29, 0.717) is 22.4 Å². The van der Waals surface area contributed by atoms with Gasteiger partial charge in [-0.05, 0) is 24.1 Å². The summed E-state index contributed by atoms with van der Waals surface area (Å²) in [6, 6.07) is 15.7. The SMILES string of the molecule is CCC(CNC(=O)c1ccccc1SCC(N)=O)(C(=O)O)c1ccccc1. The molecule has 0 aliphatic rings. The zero-order valence-corrected chi connectivity index (χ0v) is 15.8. The van der Waals surface area contributed by atoms with Crippen LogP contribution in [0.15, 0.2) is 59.5 Å². The van der Waals surface area contributed by atoms with Gasteiger partial charge in [-0.2, -0.15) is 0 Å². The first-order chi connectivity index (χ1) is 12.9. The van der Waals surface area contributed by atoms with Gasteiger partial charge in [-0.3, -0.25) is 14.4 Å². The number of carboxylic acids is 1. The van der Waals surface area contributed by atoms with Crippen molar-refractivity contribution in [1.82, 2.24) is 5.32 Å². The number of nitrogens with two attached hydrogens (primary N) is 1. The van der Waals surface area contributed by atoms with Crippen LogP contribution >= 0.6 is 11.8 Å². The average molecular weight is 386 g/mol. The minimum atomic E-state index is -1.22. The van der Waals surface area contributed by atoms with Gasteiger partial charge in [-0.1, -0.05) is 49.4 Å². The Morgan fingerprint density at radius 1 is 1.07 bits per heavy atom. The van der Waals surface area contributed by atoms with Crippen LogP contribution in [0.1, 0.15) is 29.3 Å². The molecule has 2 amide bonds. The molecule has 2 aromatic carbocycles. The zero-order chi connectivity index (χ0) is 19.9. The number of primary amides is 1. The highest BCUT2D eigenvalue weighted by Crippen LogP contribution is 2.28. The highest BCUT2D eigenvalue weighted by atomic mass is 32.2. The predicted molar refractivity (Wildman–Crippen MR) is 105 cm³/mol. The zero-order valence-electron chi connectivity index (χ0n) is 15.0. The van der Waals surface area contributed by atoms with Crippen molar-refractivity contribution in [2.45, 2.75) is 23.7 Å². The smallest absolute Gasteiger partial charge is 0.315 e. The summed E-state index contributed by atoms with van der Waals surface area (Å²) in [4.78, 5) is 36.4. The van der Waals surface area contributed by atoms with E-state index in [9.17, 15) is 19.5 Å². The third-order valence-electron chi connectivity index (χ3n) is 4.39. The van der Waals surface area contributed by atoms with Gasteiger partial charge in [0.15, 0.2) is 0 Å². The minimum Gasteiger partial charge on any atom is -0.481 e. The minimum absolute atomic E-state index is 0.0451. The van der Waals surface area contributed by atoms with Crippen molar-refractivity contribution in [2.24, 2.45) is 5.73 Å². The standard InChI is InChI=1S/C20H22N2O4S/c1-2-20(19(25)26,14-8-4-3-5-9-14)13-22-18(24)15-10-6-7-11-16(15)27-12-17(21)23/h3-11H,2,12-13H2,1H3,(H2,21,23)(H,22,24)(H,25,26). The molecule has 0 aromatic heterocycles. The lowest BCUT2D eigenvalue weighted by Gasteiger charge is -2.29. The molecule has 7 heteroatoms. The summed E-state index contributed by atoms with van der Waals surface area (Å²) in [5.74, 6) is -1.80. The molecule has 0 saturated carbocycles. The topological polar surface area (TPSA) is 109 Å². The van der Waals surface area contributed by atoms with Gasteiger partial charge in [0.25, 0.3) is 5.91 Å². The van der Waals surface area contributed by atoms with Crippen molar-refractivity contribution in [1.29, 1.82) is 0 Å². The Bertz CT molecular complexity index is 826. The van der Waals surface area contributed by atoms with Crippen LogP contribution in [0.2, 0.25) is 0 Å². The fourth-order valence-corrected chi connectivity index (χ4v) is 3.58. The van der Waals surface area contributed by atoms with Gasteiger partial charge >= 0.3 is 5.97 Å². The van der Waals surface area contributed by atoms with Crippen LogP contribution in [0.4, 0.5) is 0 Å². The largest absolute Gasteiger partial charge is 0.481 e. The second kappa shape index (κ2) is 9.23. The lowest BCUT2D eigenvalue weighted by atomic mass is 9.78. The molecule has 1 atom stereocenters. The molecule has 142 valence electrons. The van der Waals surface area contributed by atoms with E-state index in [4.69, 9.17) is 5.73 Å². The molecule has 0 fully saturated rings. The molecule has 6 nitrogen and oxygen atoms in total. The quantitative estimate of drug-likeness (QED) is 0.574. The van der Waals surface area contributed by atoms with Gasteiger partial charge < -0.3 is 16.2 Å². The Balaban J connectivity index is 2.22. The fraction of sp³-hybridized carbons (Fsp3) is 0.250. The van der Waals surface area contributed by atoms with E-state index in [-0.39, 0.29) is 12.3 Å². The van der Waals surface area contributed by atoms with Gasteiger partial charge in [0.2, 0.25) is 5.91 Å². The van der Waals surface area contributed by atoms with Crippen LogP contribution in [0, 0.1) is 0 Å². The van der Waals surface area contributed by atoms with Crippen LogP contribution in [-0.4, -0.2) is 35.2 Å². The maximum Gasteiger partial charge on any atom is 0.315 e. The Hall–Kier alpha value is -2.80. The molecule has 4 N–H and O–H groups in total. The molecule has 0 aliphatic carbocycles. The van der Waals surface area contributed by atoms with Crippen LogP contribution in [0.25, 0.3) is 0 Å². The van der Waals surface area contributed by atoms with Gasteiger partial charge in [0, 0.05) is 11.4 Å². The van der Waals surface area contributed by atoms with Crippen molar-refractivity contribution in [3.05, 3.63) is 65.7 Å². The van der Waals surface area contributed by atoms with E-state index in [1.165, 1.54) is 11.8 Å². The van der Waals surface area contributed by atoms with E-state index in [1.807, 2.05) is 6.07 Å². The number of thioether (sulfide) groups is 1. The van der Waals surface area contributed by atoms with Crippen molar-refractivity contribution in [3.63, 3.8) is 0 Å².